The van der Waals surface area contributed by atoms with E-state index < -0.39 is 12.0 Å². The number of hydrogen-bond donors (Lipinski definition) is 2. The molecule has 8 nitrogen and oxygen atoms in total. The van der Waals surface area contributed by atoms with Crippen LogP contribution >= 0.6 is 0 Å². The van der Waals surface area contributed by atoms with Crippen LogP contribution in [0.1, 0.15) is 16.1 Å². The number of urea groups is 1. The number of carbonyl (C=O) groups excluding carboxylic acids is 2. The second kappa shape index (κ2) is 7.69. The molecular weight excluding hydrogens is 348 g/mol. The van der Waals surface area contributed by atoms with Gasteiger partial charge in [0.25, 0.3) is 0 Å². The fourth-order valence-electron chi connectivity index (χ4n) is 2.63. The highest BCUT2D eigenvalue weighted by atomic mass is 16.5. The molecule has 2 N–H and O–H groups in total. The lowest BCUT2D eigenvalue weighted by molar-refractivity contribution is 0.0597. The minimum Gasteiger partial charge on any atom is -0.496 e. The average molecular weight is 366 g/mol. The van der Waals surface area contributed by atoms with Crippen molar-refractivity contribution in [1.82, 2.24) is 9.97 Å². The third-order valence-corrected chi connectivity index (χ3v) is 3.80. The smallest absolute Gasteiger partial charge is 0.341 e. The van der Waals surface area contributed by atoms with Gasteiger partial charge in [-0.1, -0.05) is 0 Å². The van der Waals surface area contributed by atoms with Crippen LogP contribution in [0.3, 0.4) is 0 Å². The standard InChI is InChI=1S/C19H18N4O4/c1-11-9-15(17-14(21-11)5-4-8-20-17)23-19(25)22-12-6-7-16(26-2)13(10-12)18(24)27-3/h4-10H,1-3H3,(H2,21,22,23,25). The van der Waals surface area contributed by atoms with Gasteiger partial charge in [0.15, 0.2) is 0 Å². The van der Waals surface area contributed by atoms with Crippen LogP contribution in [0.5, 0.6) is 5.75 Å². The van der Waals surface area contributed by atoms with Gasteiger partial charge in [-0.25, -0.2) is 9.59 Å². The first-order valence-corrected chi connectivity index (χ1v) is 8.08. The SMILES string of the molecule is COC(=O)c1cc(NC(=O)Nc2cc(C)nc3cccnc23)ccc1OC. The molecule has 0 saturated carbocycles. The third-order valence-electron chi connectivity index (χ3n) is 3.80. The predicted molar refractivity (Wildman–Crippen MR) is 101 cm³/mol. The number of aromatic nitrogens is 2. The minimum absolute atomic E-state index is 0.213. The molecule has 2 amide bonds. The van der Waals surface area contributed by atoms with Crippen molar-refractivity contribution in [3.63, 3.8) is 0 Å². The van der Waals surface area contributed by atoms with Crippen LogP contribution in [0.25, 0.3) is 11.0 Å². The molecule has 0 atom stereocenters. The number of ether oxygens (including phenoxy) is 2. The maximum atomic E-state index is 12.4. The van der Waals surface area contributed by atoms with Gasteiger partial charge >= 0.3 is 12.0 Å². The van der Waals surface area contributed by atoms with E-state index in [0.29, 0.717) is 28.2 Å². The maximum absolute atomic E-state index is 12.4. The fourth-order valence-corrected chi connectivity index (χ4v) is 2.63. The molecule has 8 heteroatoms. The highest BCUT2D eigenvalue weighted by Crippen LogP contribution is 2.24. The average Bonchev–Trinajstić information content (AvgIpc) is 2.67. The summed E-state index contributed by atoms with van der Waals surface area (Å²) in [5, 5.41) is 5.45. The lowest BCUT2D eigenvalue weighted by atomic mass is 10.1. The summed E-state index contributed by atoms with van der Waals surface area (Å²) in [6, 6.07) is 9.55. The summed E-state index contributed by atoms with van der Waals surface area (Å²) >= 11 is 0. The van der Waals surface area contributed by atoms with E-state index in [9.17, 15) is 9.59 Å². The van der Waals surface area contributed by atoms with Crippen molar-refractivity contribution >= 4 is 34.4 Å². The topological polar surface area (TPSA) is 102 Å². The summed E-state index contributed by atoms with van der Waals surface area (Å²) < 4.78 is 9.87. The molecule has 0 aliphatic carbocycles. The second-order valence-corrected chi connectivity index (χ2v) is 5.67. The summed E-state index contributed by atoms with van der Waals surface area (Å²) in [5.74, 6) is -0.205. The molecule has 0 bridgehead atoms. The summed E-state index contributed by atoms with van der Waals surface area (Å²) in [7, 11) is 2.73. The van der Waals surface area contributed by atoms with Crippen LogP contribution in [0.2, 0.25) is 0 Å². The Morgan fingerprint density at radius 3 is 2.63 bits per heavy atom. The first kappa shape index (κ1) is 18.1. The fraction of sp³-hybridized carbons (Fsp3) is 0.158. The van der Waals surface area contributed by atoms with Gasteiger partial charge in [0.05, 0.1) is 25.4 Å². The van der Waals surface area contributed by atoms with Crippen LogP contribution in [0.4, 0.5) is 16.2 Å². The number of rotatable bonds is 4. The molecule has 0 aliphatic rings. The number of hydrogen-bond acceptors (Lipinski definition) is 6. The maximum Gasteiger partial charge on any atom is 0.341 e. The molecule has 0 fully saturated rings. The Hall–Kier alpha value is -3.68. The molecule has 2 heterocycles. The highest BCUT2D eigenvalue weighted by Gasteiger charge is 2.15. The Kier molecular flexibility index (Phi) is 5.16. The van der Waals surface area contributed by atoms with Crippen molar-refractivity contribution < 1.29 is 19.1 Å². The molecule has 138 valence electrons. The molecule has 1 aromatic carbocycles. The second-order valence-electron chi connectivity index (χ2n) is 5.67. The van der Waals surface area contributed by atoms with E-state index in [1.165, 1.54) is 20.3 Å². The van der Waals surface area contributed by atoms with Crippen LogP contribution in [0, 0.1) is 6.92 Å². The van der Waals surface area contributed by atoms with E-state index >= 15 is 0 Å². The molecular formula is C19H18N4O4. The van der Waals surface area contributed by atoms with Crippen molar-refractivity contribution in [3.8, 4) is 5.75 Å². The number of amides is 2. The normalized spacial score (nSPS) is 10.3. The number of methoxy groups -OCH3 is 2. The lowest BCUT2D eigenvalue weighted by Gasteiger charge is -2.12. The van der Waals surface area contributed by atoms with E-state index in [4.69, 9.17) is 9.47 Å². The van der Waals surface area contributed by atoms with E-state index in [-0.39, 0.29) is 5.56 Å². The number of fused-ring (bicyclic) bond motifs is 1. The quantitative estimate of drug-likeness (QED) is 0.686. The molecule has 3 rings (SSSR count). The largest absolute Gasteiger partial charge is 0.496 e. The van der Waals surface area contributed by atoms with Crippen molar-refractivity contribution in [2.75, 3.05) is 24.9 Å². The Morgan fingerprint density at radius 2 is 1.89 bits per heavy atom. The molecule has 2 aromatic heterocycles. The highest BCUT2D eigenvalue weighted by molar-refractivity contribution is 6.05. The van der Waals surface area contributed by atoms with Gasteiger partial charge in [-0.05, 0) is 43.3 Å². The predicted octanol–water partition coefficient (Wildman–Crippen LogP) is 3.38. The van der Waals surface area contributed by atoms with Crippen molar-refractivity contribution in [2.24, 2.45) is 0 Å². The van der Waals surface area contributed by atoms with E-state index in [1.54, 1.807) is 30.5 Å². The Bertz CT molecular complexity index is 1020. The van der Waals surface area contributed by atoms with Gasteiger partial charge in [-0.3, -0.25) is 9.97 Å². The number of nitrogens with one attached hydrogen (secondary N) is 2. The minimum atomic E-state index is -0.559. The van der Waals surface area contributed by atoms with Crippen LogP contribution in [-0.2, 0) is 4.74 Å². The number of pyridine rings is 2. The van der Waals surface area contributed by atoms with Gasteiger partial charge in [-0.2, -0.15) is 0 Å². The van der Waals surface area contributed by atoms with Gasteiger partial charge in [0, 0.05) is 17.6 Å². The zero-order valence-electron chi connectivity index (χ0n) is 15.1. The van der Waals surface area contributed by atoms with Crippen molar-refractivity contribution in [3.05, 3.63) is 53.9 Å². The molecule has 0 aliphatic heterocycles. The summed E-state index contributed by atoms with van der Waals surface area (Å²) in [5.41, 5.74) is 3.19. The number of aryl methyl sites for hydroxylation is 1. The van der Waals surface area contributed by atoms with E-state index in [1.807, 2.05) is 13.0 Å². The van der Waals surface area contributed by atoms with E-state index in [2.05, 4.69) is 20.6 Å². The number of carbonyl (C=O) groups is 2. The lowest BCUT2D eigenvalue weighted by Crippen LogP contribution is -2.20. The number of anilines is 2. The zero-order valence-corrected chi connectivity index (χ0v) is 15.1. The molecule has 0 spiro atoms. The molecule has 0 radical (unpaired) electrons. The van der Waals surface area contributed by atoms with Gasteiger partial charge in [0.1, 0.15) is 16.8 Å². The number of nitrogens with zero attached hydrogens (tertiary/aromatic N) is 2. The third kappa shape index (κ3) is 3.95. The van der Waals surface area contributed by atoms with Crippen LogP contribution < -0.4 is 15.4 Å². The van der Waals surface area contributed by atoms with Crippen molar-refractivity contribution in [2.45, 2.75) is 6.92 Å². The summed E-state index contributed by atoms with van der Waals surface area (Å²) in [6.07, 6.45) is 1.63. The first-order valence-electron chi connectivity index (χ1n) is 8.08. The molecule has 0 unspecified atom stereocenters. The number of benzene rings is 1. The van der Waals surface area contributed by atoms with E-state index in [0.717, 1.165) is 5.69 Å². The Morgan fingerprint density at radius 1 is 1.07 bits per heavy atom. The van der Waals surface area contributed by atoms with Crippen molar-refractivity contribution in [1.29, 1.82) is 0 Å². The van der Waals surface area contributed by atoms with Crippen LogP contribution in [-0.4, -0.2) is 36.2 Å². The molecule has 0 saturated heterocycles. The van der Waals surface area contributed by atoms with Gasteiger partial charge in [-0.15, -0.1) is 0 Å². The zero-order chi connectivity index (χ0) is 19.4. The number of esters is 1. The summed E-state index contributed by atoms with van der Waals surface area (Å²) in [6.45, 7) is 1.83. The van der Waals surface area contributed by atoms with Crippen LogP contribution in [0.15, 0.2) is 42.6 Å². The molecule has 27 heavy (non-hydrogen) atoms. The Balaban J connectivity index is 1.84. The van der Waals surface area contributed by atoms with Gasteiger partial charge < -0.3 is 20.1 Å². The summed E-state index contributed by atoms with van der Waals surface area (Å²) in [4.78, 5) is 32.9. The first-order chi connectivity index (χ1) is 13.0. The Labute approximate surface area is 155 Å². The monoisotopic (exact) mass is 366 g/mol. The van der Waals surface area contributed by atoms with Gasteiger partial charge in [0.2, 0.25) is 0 Å². The molecule has 3 aromatic rings.